The van der Waals surface area contributed by atoms with Crippen LogP contribution in [0.25, 0.3) is 0 Å². The Labute approximate surface area is 139 Å². The minimum absolute atomic E-state index is 0.158. The number of rotatable bonds is 3. The van der Waals surface area contributed by atoms with Gasteiger partial charge in [-0.2, -0.15) is 0 Å². The van der Waals surface area contributed by atoms with Crippen molar-refractivity contribution >= 4 is 23.6 Å². The number of hydrogen-bond donors (Lipinski definition) is 0. The molecule has 1 heterocycles. The van der Waals surface area contributed by atoms with Gasteiger partial charge in [0, 0.05) is 11.3 Å². The maximum absolute atomic E-state index is 13.4. The van der Waals surface area contributed by atoms with E-state index in [4.69, 9.17) is 0 Å². The Morgan fingerprint density at radius 2 is 1.96 bits per heavy atom. The van der Waals surface area contributed by atoms with Crippen LogP contribution in [0.1, 0.15) is 42.5 Å². The third kappa shape index (κ3) is 3.37. The van der Waals surface area contributed by atoms with E-state index in [2.05, 4.69) is 0 Å². The third-order valence-electron chi connectivity index (χ3n) is 4.67. The average molecular weight is 336 g/mol. The molecule has 3 rings (SSSR count). The number of amides is 1. The molecule has 1 aromatic rings. The molecular formula is C17H19FNO3S-. The van der Waals surface area contributed by atoms with E-state index < -0.39 is 23.7 Å². The molecule has 23 heavy (non-hydrogen) atoms. The van der Waals surface area contributed by atoms with Gasteiger partial charge >= 0.3 is 0 Å². The van der Waals surface area contributed by atoms with Crippen LogP contribution in [0.4, 0.5) is 4.39 Å². The van der Waals surface area contributed by atoms with Crippen molar-refractivity contribution in [1.82, 2.24) is 4.90 Å². The molecule has 1 saturated carbocycles. The SMILES string of the molecule is O=C([O-])[C@@H]1CS[C@H](C2CCCCC2)N1C(=O)c1cccc(F)c1. The topological polar surface area (TPSA) is 60.4 Å². The Balaban J connectivity index is 1.88. The van der Waals surface area contributed by atoms with Gasteiger partial charge in [-0.1, -0.05) is 25.3 Å². The first-order valence-electron chi connectivity index (χ1n) is 7.98. The minimum atomic E-state index is -1.24. The first-order chi connectivity index (χ1) is 11.1. The van der Waals surface area contributed by atoms with Gasteiger partial charge in [-0.05, 0) is 37.0 Å². The largest absolute Gasteiger partial charge is 0.548 e. The molecule has 6 heteroatoms. The van der Waals surface area contributed by atoms with E-state index in [1.165, 1.54) is 41.3 Å². The molecule has 4 nitrogen and oxygen atoms in total. The summed E-state index contributed by atoms with van der Waals surface area (Å²) in [6.45, 7) is 0. The van der Waals surface area contributed by atoms with Crippen LogP contribution < -0.4 is 5.11 Å². The van der Waals surface area contributed by atoms with E-state index >= 15 is 0 Å². The summed E-state index contributed by atoms with van der Waals surface area (Å²) >= 11 is 1.51. The van der Waals surface area contributed by atoms with Gasteiger partial charge in [0.05, 0.1) is 17.4 Å². The van der Waals surface area contributed by atoms with Crippen LogP contribution in [0.5, 0.6) is 0 Å². The maximum Gasteiger partial charge on any atom is 0.255 e. The van der Waals surface area contributed by atoms with Gasteiger partial charge in [0.1, 0.15) is 5.82 Å². The first-order valence-corrected chi connectivity index (χ1v) is 9.03. The van der Waals surface area contributed by atoms with Gasteiger partial charge in [-0.25, -0.2) is 4.39 Å². The van der Waals surface area contributed by atoms with Gasteiger partial charge < -0.3 is 14.8 Å². The number of carbonyl (C=O) groups excluding carboxylic acids is 2. The number of halogens is 1. The van der Waals surface area contributed by atoms with Crippen molar-refractivity contribution in [3.05, 3.63) is 35.6 Å². The number of benzene rings is 1. The summed E-state index contributed by atoms with van der Waals surface area (Å²) in [6, 6.07) is 4.48. The van der Waals surface area contributed by atoms with Crippen LogP contribution in [0.15, 0.2) is 24.3 Å². The Hall–Kier alpha value is -1.56. The monoisotopic (exact) mass is 336 g/mol. The van der Waals surface area contributed by atoms with Crippen LogP contribution in [-0.4, -0.2) is 33.9 Å². The van der Waals surface area contributed by atoms with Crippen LogP contribution in [0.3, 0.4) is 0 Å². The van der Waals surface area contributed by atoms with Crippen molar-refractivity contribution < 1.29 is 19.1 Å². The zero-order valence-electron chi connectivity index (χ0n) is 12.7. The molecule has 1 saturated heterocycles. The number of hydrogen-bond acceptors (Lipinski definition) is 4. The lowest BCUT2D eigenvalue weighted by Crippen LogP contribution is -2.52. The Bertz CT molecular complexity index is 603. The van der Waals surface area contributed by atoms with E-state index in [-0.39, 0.29) is 10.9 Å². The maximum atomic E-state index is 13.4. The number of carboxylic acids is 1. The Kier molecular flexibility index (Phi) is 4.90. The lowest BCUT2D eigenvalue weighted by atomic mass is 9.88. The van der Waals surface area contributed by atoms with E-state index in [0.717, 1.165) is 31.7 Å². The molecule has 0 unspecified atom stereocenters. The molecular weight excluding hydrogens is 317 g/mol. The molecule has 0 spiro atoms. The molecule has 124 valence electrons. The predicted octanol–water partition coefficient (Wildman–Crippen LogP) is 2.04. The minimum Gasteiger partial charge on any atom is -0.548 e. The van der Waals surface area contributed by atoms with Crippen molar-refractivity contribution in [2.75, 3.05) is 5.75 Å². The summed E-state index contributed by atoms with van der Waals surface area (Å²) in [6.07, 6.45) is 5.42. The van der Waals surface area contributed by atoms with Crippen LogP contribution in [-0.2, 0) is 4.79 Å². The molecule has 2 fully saturated rings. The molecule has 1 aliphatic heterocycles. The number of carbonyl (C=O) groups is 2. The van der Waals surface area contributed by atoms with E-state index in [1.807, 2.05) is 0 Å². The molecule has 2 aliphatic rings. The molecule has 0 N–H and O–H groups in total. The molecule has 1 aromatic carbocycles. The second-order valence-electron chi connectivity index (χ2n) is 6.18. The Morgan fingerprint density at radius 3 is 2.61 bits per heavy atom. The van der Waals surface area contributed by atoms with Gasteiger partial charge in [-0.3, -0.25) is 4.79 Å². The zero-order chi connectivity index (χ0) is 16.4. The number of aliphatic carboxylic acids is 1. The van der Waals surface area contributed by atoms with Crippen molar-refractivity contribution in [2.24, 2.45) is 5.92 Å². The quantitative estimate of drug-likeness (QED) is 0.847. The summed E-state index contributed by atoms with van der Waals surface area (Å²) in [5.74, 6) is -1.51. The predicted molar refractivity (Wildman–Crippen MR) is 84.2 cm³/mol. The van der Waals surface area contributed by atoms with Gasteiger partial charge in [0.15, 0.2) is 0 Å². The molecule has 1 aliphatic carbocycles. The van der Waals surface area contributed by atoms with Crippen molar-refractivity contribution in [2.45, 2.75) is 43.5 Å². The fourth-order valence-electron chi connectivity index (χ4n) is 3.52. The highest BCUT2D eigenvalue weighted by atomic mass is 32.2. The number of thioether (sulfide) groups is 1. The van der Waals surface area contributed by atoms with Gasteiger partial charge in [0.2, 0.25) is 0 Å². The Morgan fingerprint density at radius 1 is 1.22 bits per heavy atom. The van der Waals surface area contributed by atoms with Crippen LogP contribution in [0, 0.1) is 11.7 Å². The fourth-order valence-corrected chi connectivity index (χ4v) is 5.14. The number of nitrogens with zero attached hydrogens (tertiary/aromatic N) is 1. The third-order valence-corrected chi connectivity index (χ3v) is 6.13. The highest BCUT2D eigenvalue weighted by Crippen LogP contribution is 2.41. The molecule has 0 bridgehead atoms. The summed E-state index contributed by atoms with van der Waals surface area (Å²) in [5.41, 5.74) is 0.194. The lowest BCUT2D eigenvalue weighted by molar-refractivity contribution is -0.310. The van der Waals surface area contributed by atoms with Gasteiger partial charge in [-0.15, -0.1) is 11.8 Å². The normalized spacial score (nSPS) is 25.5. The smallest absolute Gasteiger partial charge is 0.255 e. The summed E-state index contributed by atoms with van der Waals surface area (Å²) in [5, 5.41) is 11.3. The highest BCUT2D eigenvalue weighted by molar-refractivity contribution is 8.00. The second-order valence-corrected chi connectivity index (χ2v) is 7.33. The summed E-state index contributed by atoms with van der Waals surface area (Å²) in [4.78, 5) is 25.7. The van der Waals surface area contributed by atoms with Crippen molar-refractivity contribution in [1.29, 1.82) is 0 Å². The average Bonchev–Trinajstić information content (AvgIpc) is 3.00. The molecule has 2 atom stereocenters. The molecule has 0 radical (unpaired) electrons. The van der Waals surface area contributed by atoms with Crippen molar-refractivity contribution in [3.63, 3.8) is 0 Å². The van der Waals surface area contributed by atoms with E-state index in [0.29, 0.717) is 11.7 Å². The number of carboxylic acid groups (broad SMARTS) is 1. The van der Waals surface area contributed by atoms with E-state index in [9.17, 15) is 19.1 Å². The molecule has 1 amide bonds. The summed E-state index contributed by atoms with van der Waals surface area (Å²) in [7, 11) is 0. The lowest BCUT2D eigenvalue weighted by Gasteiger charge is -2.36. The van der Waals surface area contributed by atoms with Crippen LogP contribution >= 0.6 is 11.8 Å². The second kappa shape index (κ2) is 6.91. The van der Waals surface area contributed by atoms with Crippen LogP contribution in [0.2, 0.25) is 0 Å². The van der Waals surface area contributed by atoms with Crippen molar-refractivity contribution in [3.8, 4) is 0 Å². The fraction of sp³-hybridized carbons (Fsp3) is 0.529. The summed E-state index contributed by atoms with van der Waals surface area (Å²) < 4.78 is 13.4. The zero-order valence-corrected chi connectivity index (χ0v) is 13.6. The first kappa shape index (κ1) is 16.3. The standard InChI is InChI=1S/C17H20FNO3S/c18-13-8-4-7-12(9-13)15(20)19-14(17(21)22)10-23-16(19)11-5-2-1-3-6-11/h4,7-9,11,14,16H,1-3,5-6,10H2,(H,21,22)/p-1/t14-,16+/m0/s1. The highest BCUT2D eigenvalue weighted by Gasteiger charge is 2.42. The van der Waals surface area contributed by atoms with Gasteiger partial charge in [0.25, 0.3) is 5.91 Å². The van der Waals surface area contributed by atoms with E-state index in [1.54, 1.807) is 0 Å². The molecule has 0 aromatic heterocycles.